The average Bonchev–Trinajstić information content (AvgIpc) is 2.88. The van der Waals surface area contributed by atoms with Gasteiger partial charge in [-0.15, -0.1) is 0 Å². The molecule has 7 nitrogen and oxygen atoms in total. The van der Waals surface area contributed by atoms with Crippen LogP contribution < -0.4 is 9.47 Å². The van der Waals surface area contributed by atoms with Crippen LogP contribution in [0.2, 0.25) is 0 Å². The number of hydrogen-bond donors (Lipinski definition) is 0. The van der Waals surface area contributed by atoms with Gasteiger partial charge in [0.2, 0.25) is 6.79 Å². The maximum Gasteiger partial charge on any atom is 0.409 e. The molecule has 2 aliphatic heterocycles. The Bertz CT molecular complexity index is 604. The van der Waals surface area contributed by atoms with E-state index in [0.717, 1.165) is 6.42 Å². The van der Waals surface area contributed by atoms with Crippen LogP contribution in [-0.4, -0.2) is 61.4 Å². The summed E-state index contributed by atoms with van der Waals surface area (Å²) in [5.41, 5.74) is 0.568. The Labute approximate surface area is 134 Å². The Kier molecular flexibility index (Phi) is 4.55. The summed E-state index contributed by atoms with van der Waals surface area (Å²) in [5, 5.41) is 0. The summed E-state index contributed by atoms with van der Waals surface area (Å²) in [6, 6.07) is 5.20. The molecule has 0 aromatic heterocycles. The van der Waals surface area contributed by atoms with Crippen LogP contribution in [-0.2, 0) is 4.74 Å². The smallest absolute Gasteiger partial charge is 0.409 e. The van der Waals surface area contributed by atoms with Crippen LogP contribution in [0.25, 0.3) is 0 Å². The number of ether oxygens (including phenoxy) is 3. The zero-order valence-corrected chi connectivity index (χ0v) is 13.1. The van der Waals surface area contributed by atoms with E-state index in [1.54, 1.807) is 34.9 Å². The van der Waals surface area contributed by atoms with Gasteiger partial charge in [-0.3, -0.25) is 4.79 Å². The number of rotatable bonds is 2. The summed E-state index contributed by atoms with van der Waals surface area (Å²) in [6.45, 7) is 4.51. The molecule has 0 saturated carbocycles. The molecule has 1 aromatic rings. The molecule has 0 atom stereocenters. The summed E-state index contributed by atoms with van der Waals surface area (Å²) in [7, 11) is 0. The molecule has 1 saturated heterocycles. The first kappa shape index (κ1) is 15.5. The lowest BCUT2D eigenvalue weighted by atomic mass is 10.1. The minimum absolute atomic E-state index is 0.0611. The van der Waals surface area contributed by atoms with Crippen molar-refractivity contribution in [3.63, 3.8) is 0 Å². The van der Waals surface area contributed by atoms with E-state index in [1.165, 1.54) is 0 Å². The van der Waals surface area contributed by atoms with Crippen molar-refractivity contribution in [2.45, 2.75) is 13.3 Å². The number of carbonyl (C=O) groups is 2. The molecule has 7 heteroatoms. The molecule has 0 bridgehead atoms. The summed E-state index contributed by atoms with van der Waals surface area (Å²) in [4.78, 5) is 27.9. The highest BCUT2D eigenvalue weighted by Gasteiger charge is 2.24. The quantitative estimate of drug-likeness (QED) is 0.830. The molecule has 124 valence electrons. The van der Waals surface area contributed by atoms with Crippen LogP contribution in [0.4, 0.5) is 4.79 Å². The van der Waals surface area contributed by atoms with Crippen molar-refractivity contribution in [1.82, 2.24) is 9.80 Å². The minimum Gasteiger partial charge on any atom is -0.454 e. The molecule has 0 spiro atoms. The van der Waals surface area contributed by atoms with Gasteiger partial charge in [-0.25, -0.2) is 4.79 Å². The average molecular weight is 320 g/mol. The Morgan fingerprint density at radius 2 is 1.83 bits per heavy atom. The van der Waals surface area contributed by atoms with E-state index in [2.05, 4.69) is 0 Å². The van der Waals surface area contributed by atoms with Gasteiger partial charge >= 0.3 is 6.09 Å². The predicted octanol–water partition coefficient (Wildman–Crippen LogP) is 1.72. The monoisotopic (exact) mass is 320 g/mol. The van der Waals surface area contributed by atoms with Crippen molar-refractivity contribution >= 4 is 12.0 Å². The molecule has 1 aromatic carbocycles. The highest BCUT2D eigenvalue weighted by Crippen LogP contribution is 2.32. The Morgan fingerprint density at radius 3 is 2.65 bits per heavy atom. The van der Waals surface area contributed by atoms with E-state index in [1.807, 2.05) is 0 Å². The summed E-state index contributed by atoms with van der Waals surface area (Å²) >= 11 is 0. The molecule has 2 aliphatic rings. The van der Waals surface area contributed by atoms with Crippen LogP contribution >= 0.6 is 0 Å². The summed E-state index contributed by atoms with van der Waals surface area (Å²) in [5.74, 6) is 1.19. The normalized spacial score (nSPS) is 16.9. The Balaban J connectivity index is 1.65. The van der Waals surface area contributed by atoms with Gasteiger partial charge in [-0.05, 0) is 31.5 Å². The second-order valence-corrected chi connectivity index (χ2v) is 5.40. The zero-order chi connectivity index (χ0) is 16.2. The van der Waals surface area contributed by atoms with Crippen molar-refractivity contribution in [2.75, 3.05) is 39.6 Å². The van der Waals surface area contributed by atoms with E-state index in [9.17, 15) is 9.59 Å². The van der Waals surface area contributed by atoms with Crippen LogP contribution in [0.15, 0.2) is 18.2 Å². The highest BCUT2D eigenvalue weighted by molar-refractivity contribution is 5.95. The number of hydrogen-bond acceptors (Lipinski definition) is 5. The van der Waals surface area contributed by atoms with Gasteiger partial charge in [0.15, 0.2) is 11.5 Å². The van der Waals surface area contributed by atoms with Crippen molar-refractivity contribution in [2.24, 2.45) is 0 Å². The second kappa shape index (κ2) is 6.76. The molecular weight excluding hydrogens is 300 g/mol. The molecule has 0 aliphatic carbocycles. The number of carbonyl (C=O) groups excluding carboxylic acids is 2. The first-order valence-corrected chi connectivity index (χ1v) is 7.79. The van der Waals surface area contributed by atoms with Crippen molar-refractivity contribution in [3.05, 3.63) is 23.8 Å². The van der Waals surface area contributed by atoms with E-state index in [-0.39, 0.29) is 18.8 Å². The van der Waals surface area contributed by atoms with Gasteiger partial charge < -0.3 is 24.0 Å². The molecule has 2 amide bonds. The maximum atomic E-state index is 12.6. The number of fused-ring (bicyclic) bond motifs is 1. The molecule has 2 heterocycles. The fourth-order valence-electron chi connectivity index (χ4n) is 2.73. The third-order valence-corrected chi connectivity index (χ3v) is 3.93. The number of amides is 2. The number of nitrogens with zero attached hydrogens (tertiary/aromatic N) is 2. The molecule has 1 fully saturated rings. The lowest BCUT2D eigenvalue weighted by molar-refractivity contribution is 0.0753. The molecule has 23 heavy (non-hydrogen) atoms. The molecule has 0 N–H and O–H groups in total. The van der Waals surface area contributed by atoms with Crippen LogP contribution in [0.3, 0.4) is 0 Å². The second-order valence-electron chi connectivity index (χ2n) is 5.40. The van der Waals surface area contributed by atoms with E-state index in [0.29, 0.717) is 49.8 Å². The third-order valence-electron chi connectivity index (χ3n) is 3.93. The topological polar surface area (TPSA) is 68.3 Å². The van der Waals surface area contributed by atoms with Gasteiger partial charge in [0.1, 0.15) is 0 Å². The Morgan fingerprint density at radius 1 is 1.09 bits per heavy atom. The van der Waals surface area contributed by atoms with Gasteiger partial charge in [0.25, 0.3) is 5.91 Å². The Hall–Kier alpha value is -2.44. The van der Waals surface area contributed by atoms with Crippen molar-refractivity contribution in [1.29, 1.82) is 0 Å². The standard InChI is InChI=1S/C16H20N2O5/c1-2-21-16(20)18-7-3-6-17(8-9-18)15(19)12-4-5-13-14(10-12)23-11-22-13/h4-5,10H,2-3,6-9,11H2,1H3. The number of benzene rings is 1. The van der Waals surface area contributed by atoms with Gasteiger partial charge in [0.05, 0.1) is 6.61 Å². The third kappa shape index (κ3) is 3.33. The zero-order valence-electron chi connectivity index (χ0n) is 13.1. The summed E-state index contributed by atoms with van der Waals surface area (Å²) in [6.07, 6.45) is 0.416. The van der Waals surface area contributed by atoms with Gasteiger partial charge in [-0.1, -0.05) is 0 Å². The van der Waals surface area contributed by atoms with Crippen LogP contribution in [0, 0.1) is 0 Å². The SMILES string of the molecule is CCOC(=O)N1CCCN(C(=O)c2ccc3c(c2)OCO3)CC1. The fraction of sp³-hybridized carbons (Fsp3) is 0.500. The molecule has 0 radical (unpaired) electrons. The van der Waals surface area contributed by atoms with Crippen LogP contribution in [0.5, 0.6) is 11.5 Å². The van der Waals surface area contributed by atoms with E-state index in [4.69, 9.17) is 14.2 Å². The highest BCUT2D eigenvalue weighted by atomic mass is 16.7. The van der Waals surface area contributed by atoms with E-state index < -0.39 is 0 Å². The van der Waals surface area contributed by atoms with Crippen LogP contribution in [0.1, 0.15) is 23.7 Å². The predicted molar refractivity (Wildman–Crippen MR) is 81.7 cm³/mol. The summed E-state index contributed by atoms with van der Waals surface area (Å²) < 4.78 is 15.6. The van der Waals surface area contributed by atoms with Crippen molar-refractivity contribution in [3.8, 4) is 11.5 Å². The first-order chi connectivity index (χ1) is 11.2. The molecular formula is C16H20N2O5. The lowest BCUT2D eigenvalue weighted by Crippen LogP contribution is -2.37. The van der Waals surface area contributed by atoms with E-state index >= 15 is 0 Å². The maximum absolute atomic E-state index is 12.6. The van der Waals surface area contributed by atoms with Gasteiger partial charge in [-0.2, -0.15) is 0 Å². The van der Waals surface area contributed by atoms with Crippen molar-refractivity contribution < 1.29 is 23.8 Å². The lowest BCUT2D eigenvalue weighted by Gasteiger charge is -2.21. The fourth-order valence-corrected chi connectivity index (χ4v) is 2.73. The largest absolute Gasteiger partial charge is 0.454 e. The molecule has 0 unspecified atom stereocenters. The molecule has 3 rings (SSSR count). The van der Waals surface area contributed by atoms with Gasteiger partial charge in [0, 0.05) is 31.7 Å². The first-order valence-electron chi connectivity index (χ1n) is 7.79. The minimum atomic E-state index is -0.315.